The third kappa shape index (κ3) is 4.68. The molecule has 1 aromatic rings. The van der Waals surface area contributed by atoms with Gasteiger partial charge in [-0.1, -0.05) is 27.7 Å². The number of pyridine rings is 1. The maximum absolute atomic E-state index is 4.75. The van der Waals surface area contributed by atoms with E-state index in [-0.39, 0.29) is 0 Å². The molecular formula is C16H30N3Si. The Morgan fingerprint density at radius 1 is 0.900 bits per heavy atom. The Hall–Kier alpha value is -0.713. The minimum atomic E-state index is -0.706. The van der Waals surface area contributed by atoms with Crippen LogP contribution in [0.2, 0.25) is 0 Å². The first kappa shape index (κ1) is 17.3. The van der Waals surface area contributed by atoms with Gasteiger partial charge in [0.25, 0.3) is 0 Å². The highest BCUT2D eigenvalue weighted by Crippen LogP contribution is 2.11. The molecule has 0 saturated heterocycles. The Kier molecular flexibility index (Phi) is 7.41. The van der Waals surface area contributed by atoms with Gasteiger partial charge >= 0.3 is 0 Å². The Balaban J connectivity index is 2.98. The number of aromatic nitrogens is 1. The van der Waals surface area contributed by atoms with E-state index in [1.165, 1.54) is 11.3 Å². The molecule has 1 radical (unpaired) electrons. The molecule has 20 heavy (non-hydrogen) atoms. The van der Waals surface area contributed by atoms with Crippen LogP contribution in [0.15, 0.2) is 12.1 Å². The fraction of sp³-hybridized carbons (Fsp3) is 0.688. The van der Waals surface area contributed by atoms with E-state index in [1.807, 2.05) is 0 Å². The largest absolute Gasteiger partial charge is 0.312 e. The fourth-order valence-corrected chi connectivity index (χ4v) is 5.59. The number of nitrogens with zero attached hydrogens (tertiary/aromatic N) is 3. The second-order valence-corrected chi connectivity index (χ2v) is 7.67. The Labute approximate surface area is 126 Å². The Morgan fingerprint density at radius 3 is 1.80 bits per heavy atom. The number of rotatable bonds is 8. The number of hydrogen-bond acceptors (Lipinski definition) is 3. The summed E-state index contributed by atoms with van der Waals surface area (Å²) in [5.41, 5.74) is 3.73. The van der Waals surface area contributed by atoms with Crippen LogP contribution in [0, 0.1) is 13.8 Å². The summed E-state index contributed by atoms with van der Waals surface area (Å²) in [4.78, 5) is 4.75. The van der Waals surface area contributed by atoms with Crippen molar-refractivity contribution >= 4 is 9.12 Å². The van der Waals surface area contributed by atoms with Gasteiger partial charge in [0.2, 0.25) is 9.12 Å². The second-order valence-electron chi connectivity index (χ2n) is 5.21. The summed E-state index contributed by atoms with van der Waals surface area (Å²) in [5, 5.41) is 0. The van der Waals surface area contributed by atoms with E-state index in [2.05, 4.69) is 62.8 Å². The summed E-state index contributed by atoms with van der Waals surface area (Å²) in [6.07, 6.45) is 0. The van der Waals surface area contributed by atoms with Crippen LogP contribution in [0.5, 0.6) is 0 Å². The van der Waals surface area contributed by atoms with E-state index in [9.17, 15) is 0 Å². The van der Waals surface area contributed by atoms with Crippen molar-refractivity contribution < 1.29 is 0 Å². The molecule has 113 valence electrons. The van der Waals surface area contributed by atoms with Crippen molar-refractivity contribution in [3.8, 4) is 0 Å². The molecule has 0 saturated carbocycles. The Bertz CT molecular complexity index is 368. The summed E-state index contributed by atoms with van der Waals surface area (Å²) in [6, 6.07) is 5.52. The third-order valence-corrected chi connectivity index (χ3v) is 7.15. The lowest BCUT2D eigenvalue weighted by Gasteiger charge is -2.35. The molecule has 1 aromatic heterocycles. The lowest BCUT2D eigenvalue weighted by Crippen LogP contribution is -2.54. The first-order valence-corrected chi connectivity index (χ1v) is 9.45. The van der Waals surface area contributed by atoms with Crippen molar-refractivity contribution in [1.29, 1.82) is 0 Å². The molecule has 4 heteroatoms. The molecular weight excluding hydrogens is 262 g/mol. The molecule has 1 heterocycles. The van der Waals surface area contributed by atoms with E-state index < -0.39 is 9.12 Å². The van der Waals surface area contributed by atoms with Crippen LogP contribution in [0.25, 0.3) is 0 Å². The fourth-order valence-electron chi connectivity index (χ4n) is 2.78. The van der Waals surface area contributed by atoms with Gasteiger partial charge in [-0.25, -0.2) is 0 Å². The molecule has 0 spiro atoms. The van der Waals surface area contributed by atoms with E-state index in [0.717, 1.165) is 37.9 Å². The van der Waals surface area contributed by atoms with Gasteiger partial charge in [0, 0.05) is 17.4 Å². The predicted octanol–water partition coefficient (Wildman–Crippen LogP) is 2.95. The summed E-state index contributed by atoms with van der Waals surface area (Å²) >= 11 is 0. The molecule has 0 aromatic carbocycles. The molecule has 0 amide bonds. The van der Waals surface area contributed by atoms with Crippen LogP contribution < -0.4 is 0 Å². The van der Waals surface area contributed by atoms with E-state index in [0.29, 0.717) is 0 Å². The topological polar surface area (TPSA) is 19.4 Å². The van der Waals surface area contributed by atoms with Crippen molar-refractivity contribution in [3.63, 3.8) is 0 Å². The van der Waals surface area contributed by atoms with Gasteiger partial charge in [-0.3, -0.25) is 4.98 Å². The second kappa shape index (κ2) is 8.55. The smallest absolute Gasteiger partial charge is 0.235 e. The van der Waals surface area contributed by atoms with Crippen LogP contribution in [0.4, 0.5) is 0 Å². The minimum absolute atomic E-state index is 0.706. The maximum Gasteiger partial charge on any atom is 0.235 e. The highest BCUT2D eigenvalue weighted by atomic mass is 28.3. The van der Waals surface area contributed by atoms with Crippen molar-refractivity contribution in [2.45, 2.75) is 47.6 Å². The molecule has 0 aliphatic heterocycles. The molecule has 0 bridgehead atoms. The van der Waals surface area contributed by atoms with Crippen LogP contribution in [-0.4, -0.2) is 49.4 Å². The van der Waals surface area contributed by atoms with E-state index >= 15 is 0 Å². The highest BCUT2D eigenvalue weighted by molar-refractivity contribution is 6.52. The third-order valence-electron chi connectivity index (χ3n) is 3.75. The number of hydrogen-bond donors (Lipinski definition) is 0. The van der Waals surface area contributed by atoms with Crippen LogP contribution in [-0.2, 0) is 6.04 Å². The summed E-state index contributed by atoms with van der Waals surface area (Å²) < 4.78 is 5.27. The minimum Gasteiger partial charge on any atom is -0.312 e. The highest BCUT2D eigenvalue weighted by Gasteiger charge is 2.26. The Morgan fingerprint density at radius 2 is 1.40 bits per heavy atom. The van der Waals surface area contributed by atoms with Gasteiger partial charge < -0.3 is 9.13 Å². The molecule has 0 aliphatic rings. The van der Waals surface area contributed by atoms with Crippen molar-refractivity contribution in [1.82, 2.24) is 14.1 Å². The lowest BCUT2D eigenvalue weighted by atomic mass is 10.2. The lowest BCUT2D eigenvalue weighted by molar-refractivity contribution is 0.375. The quantitative estimate of drug-likeness (QED) is 0.687. The molecule has 0 fully saturated rings. The van der Waals surface area contributed by atoms with Gasteiger partial charge in [0.05, 0.1) is 0 Å². The standard InChI is InChI=1S/C16H30N3Si/c1-7-18(8-2)20(19(9-3)10-4)13-16-12-14(5)11-15(6)17-16/h11-12H,7-10,13H2,1-6H3. The van der Waals surface area contributed by atoms with Gasteiger partial charge in [-0.15, -0.1) is 0 Å². The average molecular weight is 293 g/mol. The summed E-state index contributed by atoms with van der Waals surface area (Å²) in [7, 11) is -0.706. The molecule has 0 unspecified atom stereocenters. The van der Waals surface area contributed by atoms with Crippen LogP contribution in [0.3, 0.4) is 0 Å². The maximum atomic E-state index is 4.75. The first-order valence-electron chi connectivity index (χ1n) is 7.85. The SMILES string of the molecule is CCN(CC)[Si](Cc1cc(C)cc(C)n1)N(CC)CC. The molecule has 0 atom stereocenters. The summed E-state index contributed by atoms with van der Waals surface area (Å²) in [6.45, 7) is 17.9. The van der Waals surface area contributed by atoms with Crippen LogP contribution in [0.1, 0.15) is 44.6 Å². The number of aryl methyl sites for hydroxylation is 2. The van der Waals surface area contributed by atoms with E-state index in [1.54, 1.807) is 0 Å². The molecule has 1 rings (SSSR count). The zero-order chi connectivity index (χ0) is 15.1. The summed E-state index contributed by atoms with van der Waals surface area (Å²) in [5.74, 6) is 0. The van der Waals surface area contributed by atoms with Crippen molar-refractivity contribution in [3.05, 3.63) is 29.1 Å². The zero-order valence-corrected chi connectivity index (χ0v) is 15.0. The normalized spacial score (nSPS) is 11.8. The first-order chi connectivity index (χ1) is 9.55. The van der Waals surface area contributed by atoms with Gasteiger partial charge in [0.1, 0.15) is 0 Å². The van der Waals surface area contributed by atoms with Gasteiger partial charge in [-0.2, -0.15) is 0 Å². The average Bonchev–Trinajstić information content (AvgIpc) is 2.40. The predicted molar refractivity (Wildman–Crippen MR) is 89.0 cm³/mol. The van der Waals surface area contributed by atoms with Gasteiger partial charge in [-0.05, 0) is 57.7 Å². The molecule has 3 nitrogen and oxygen atoms in total. The van der Waals surface area contributed by atoms with Crippen molar-refractivity contribution in [2.75, 3.05) is 26.2 Å². The van der Waals surface area contributed by atoms with E-state index in [4.69, 9.17) is 4.98 Å². The monoisotopic (exact) mass is 292 g/mol. The molecule has 0 N–H and O–H groups in total. The van der Waals surface area contributed by atoms with Gasteiger partial charge in [0.15, 0.2) is 0 Å². The zero-order valence-electron chi connectivity index (χ0n) is 14.0. The van der Waals surface area contributed by atoms with Crippen LogP contribution >= 0.6 is 0 Å². The molecule has 0 aliphatic carbocycles. The van der Waals surface area contributed by atoms with Crippen molar-refractivity contribution in [2.24, 2.45) is 0 Å².